The molecule has 0 radical (unpaired) electrons. The quantitative estimate of drug-likeness (QED) is 0.880. The number of piperidine rings is 1. The zero-order chi connectivity index (χ0) is 17.8. The number of amides is 2. The molecule has 1 fully saturated rings. The number of anilines is 1. The van der Waals surface area contributed by atoms with Gasteiger partial charge in [0, 0.05) is 19.5 Å². The first-order valence-corrected chi connectivity index (χ1v) is 9.23. The van der Waals surface area contributed by atoms with E-state index in [0.717, 1.165) is 31.4 Å². The number of hydrogen-bond donors (Lipinski definition) is 2. The van der Waals surface area contributed by atoms with Gasteiger partial charge in [-0.3, -0.25) is 9.59 Å². The number of halogens is 1. The van der Waals surface area contributed by atoms with E-state index in [0.29, 0.717) is 37.9 Å². The summed E-state index contributed by atoms with van der Waals surface area (Å²) in [4.78, 5) is 26.7. The fourth-order valence-corrected chi connectivity index (χ4v) is 3.71. The smallest absolute Gasteiger partial charge is 0.247 e. The molecule has 2 amide bonds. The number of benzene rings is 1. The van der Waals surface area contributed by atoms with E-state index in [1.807, 2.05) is 13.0 Å². The molecule has 2 N–H and O–H groups in total. The van der Waals surface area contributed by atoms with Crippen LogP contribution in [0.3, 0.4) is 0 Å². The summed E-state index contributed by atoms with van der Waals surface area (Å²) in [6.07, 6.45) is 4.29. The molecule has 3 rings (SSSR count). The molecule has 6 heteroatoms. The maximum atomic E-state index is 14.7. The molecule has 0 bridgehead atoms. The van der Waals surface area contributed by atoms with E-state index < -0.39 is 6.04 Å². The number of rotatable bonds is 4. The average molecular weight is 347 g/mol. The summed E-state index contributed by atoms with van der Waals surface area (Å²) in [6, 6.07) is 2.99. The number of likely N-dealkylation sites (tertiary alicyclic amines) is 1. The predicted octanol–water partition coefficient (Wildman–Crippen LogP) is 2.59. The van der Waals surface area contributed by atoms with E-state index in [-0.39, 0.29) is 23.3 Å². The van der Waals surface area contributed by atoms with Crippen LogP contribution in [-0.4, -0.2) is 35.8 Å². The molecule has 136 valence electrons. The number of carbonyl (C=O) groups is 2. The van der Waals surface area contributed by atoms with Gasteiger partial charge in [0.25, 0.3) is 0 Å². The minimum absolute atomic E-state index is 0.0133. The molecule has 1 unspecified atom stereocenters. The Morgan fingerprint density at radius 1 is 1.36 bits per heavy atom. The van der Waals surface area contributed by atoms with Crippen LogP contribution in [0, 0.1) is 5.82 Å². The van der Waals surface area contributed by atoms with Crippen molar-refractivity contribution in [2.75, 3.05) is 18.4 Å². The van der Waals surface area contributed by atoms with E-state index in [9.17, 15) is 14.0 Å². The van der Waals surface area contributed by atoms with Crippen LogP contribution in [-0.2, 0) is 22.6 Å². The van der Waals surface area contributed by atoms with E-state index >= 15 is 0 Å². The summed E-state index contributed by atoms with van der Waals surface area (Å²) in [7, 11) is 0. The lowest BCUT2D eigenvalue weighted by atomic mass is 9.98. The summed E-state index contributed by atoms with van der Waals surface area (Å²) in [5.41, 5.74) is 1.84. The second-order valence-electron chi connectivity index (χ2n) is 6.83. The zero-order valence-electron chi connectivity index (χ0n) is 14.7. The largest absolute Gasteiger partial charge is 0.331 e. The van der Waals surface area contributed by atoms with Gasteiger partial charge in [-0.1, -0.05) is 13.0 Å². The topological polar surface area (TPSA) is 61.4 Å². The average Bonchev–Trinajstić information content (AvgIpc) is 2.64. The fourth-order valence-electron chi connectivity index (χ4n) is 3.71. The summed E-state index contributed by atoms with van der Waals surface area (Å²) in [5.74, 6) is -0.606. The summed E-state index contributed by atoms with van der Waals surface area (Å²) in [5, 5.41) is 5.94. The minimum atomic E-state index is -0.495. The Kier molecular flexibility index (Phi) is 5.68. The minimum Gasteiger partial charge on any atom is -0.331 e. The van der Waals surface area contributed by atoms with Crippen molar-refractivity contribution in [3.8, 4) is 0 Å². The van der Waals surface area contributed by atoms with E-state index in [4.69, 9.17) is 0 Å². The van der Waals surface area contributed by atoms with Gasteiger partial charge in [0.2, 0.25) is 11.8 Å². The normalized spacial score (nSPS) is 20.1. The lowest BCUT2D eigenvalue weighted by molar-refractivity contribution is -0.140. The zero-order valence-corrected chi connectivity index (χ0v) is 14.7. The first kappa shape index (κ1) is 17.9. The standard InChI is InChI=1S/C19H26FN3O2/c1-2-5-17(24)23-11-4-3-6-16(23)19(25)22-15-8-7-13-12-21-10-9-14(13)18(15)20/h7-8,16,21H,2-6,9-12H2,1H3,(H,22,25). The molecule has 5 nitrogen and oxygen atoms in total. The Bertz CT molecular complexity index is 662. The third kappa shape index (κ3) is 3.84. The van der Waals surface area contributed by atoms with Crippen LogP contribution in [0.25, 0.3) is 0 Å². The van der Waals surface area contributed by atoms with Crippen molar-refractivity contribution in [1.29, 1.82) is 0 Å². The summed E-state index contributed by atoms with van der Waals surface area (Å²) >= 11 is 0. The van der Waals surface area contributed by atoms with Crippen LogP contribution in [0.5, 0.6) is 0 Å². The van der Waals surface area contributed by atoms with Crippen molar-refractivity contribution in [2.24, 2.45) is 0 Å². The van der Waals surface area contributed by atoms with Crippen LogP contribution in [0.4, 0.5) is 10.1 Å². The first-order chi connectivity index (χ1) is 12.1. The van der Waals surface area contributed by atoms with E-state index in [1.165, 1.54) is 0 Å². The number of nitrogens with one attached hydrogen (secondary N) is 2. The van der Waals surface area contributed by atoms with Gasteiger partial charge < -0.3 is 15.5 Å². The SMILES string of the molecule is CCCC(=O)N1CCCCC1C(=O)Nc1ccc2c(c1F)CCNC2. The predicted molar refractivity (Wildman–Crippen MR) is 94.7 cm³/mol. The van der Waals surface area contributed by atoms with Crippen molar-refractivity contribution in [3.63, 3.8) is 0 Å². The number of carbonyl (C=O) groups excluding carboxylic acids is 2. The van der Waals surface area contributed by atoms with Gasteiger partial charge in [-0.25, -0.2) is 4.39 Å². The molecule has 1 atom stereocenters. The molecule has 1 saturated heterocycles. The van der Waals surface area contributed by atoms with Gasteiger partial charge in [0.15, 0.2) is 0 Å². The highest BCUT2D eigenvalue weighted by Gasteiger charge is 2.32. The summed E-state index contributed by atoms with van der Waals surface area (Å²) in [6.45, 7) is 3.95. The molecular formula is C19H26FN3O2. The van der Waals surface area contributed by atoms with Crippen LogP contribution in [0.1, 0.15) is 50.2 Å². The molecule has 1 aromatic rings. The lowest BCUT2D eigenvalue weighted by Crippen LogP contribution is -2.50. The Balaban J connectivity index is 1.75. The van der Waals surface area contributed by atoms with Crippen molar-refractivity contribution in [1.82, 2.24) is 10.2 Å². The van der Waals surface area contributed by atoms with Gasteiger partial charge in [-0.05, 0) is 55.8 Å². The van der Waals surface area contributed by atoms with Crippen molar-refractivity contribution < 1.29 is 14.0 Å². The second kappa shape index (κ2) is 7.95. The molecule has 0 aliphatic carbocycles. The van der Waals surface area contributed by atoms with E-state index in [1.54, 1.807) is 11.0 Å². The Morgan fingerprint density at radius 2 is 2.20 bits per heavy atom. The Hall–Kier alpha value is -1.95. The second-order valence-corrected chi connectivity index (χ2v) is 6.83. The maximum absolute atomic E-state index is 14.7. The molecule has 25 heavy (non-hydrogen) atoms. The Morgan fingerprint density at radius 3 is 3.00 bits per heavy atom. The molecular weight excluding hydrogens is 321 g/mol. The van der Waals surface area contributed by atoms with Crippen LogP contribution in [0.15, 0.2) is 12.1 Å². The molecule has 2 aliphatic rings. The maximum Gasteiger partial charge on any atom is 0.247 e. The molecule has 2 heterocycles. The van der Waals surface area contributed by atoms with Crippen molar-refractivity contribution in [3.05, 3.63) is 29.1 Å². The van der Waals surface area contributed by atoms with Gasteiger partial charge in [-0.2, -0.15) is 0 Å². The molecule has 2 aliphatic heterocycles. The highest BCUT2D eigenvalue weighted by atomic mass is 19.1. The van der Waals surface area contributed by atoms with Gasteiger partial charge in [0.1, 0.15) is 11.9 Å². The lowest BCUT2D eigenvalue weighted by Gasteiger charge is -2.35. The highest BCUT2D eigenvalue weighted by Crippen LogP contribution is 2.26. The van der Waals surface area contributed by atoms with Crippen LogP contribution >= 0.6 is 0 Å². The first-order valence-electron chi connectivity index (χ1n) is 9.23. The number of nitrogens with zero attached hydrogens (tertiary/aromatic N) is 1. The molecule has 0 spiro atoms. The fraction of sp³-hybridized carbons (Fsp3) is 0.579. The monoisotopic (exact) mass is 347 g/mol. The molecule has 1 aromatic carbocycles. The van der Waals surface area contributed by atoms with Gasteiger partial charge in [0.05, 0.1) is 5.69 Å². The Labute approximate surface area is 148 Å². The molecule has 0 aromatic heterocycles. The van der Waals surface area contributed by atoms with Crippen LogP contribution in [0.2, 0.25) is 0 Å². The van der Waals surface area contributed by atoms with Gasteiger partial charge in [-0.15, -0.1) is 0 Å². The van der Waals surface area contributed by atoms with E-state index in [2.05, 4.69) is 10.6 Å². The third-order valence-electron chi connectivity index (χ3n) is 5.05. The number of hydrogen-bond acceptors (Lipinski definition) is 3. The van der Waals surface area contributed by atoms with Crippen molar-refractivity contribution in [2.45, 2.75) is 58.0 Å². The van der Waals surface area contributed by atoms with Gasteiger partial charge >= 0.3 is 0 Å². The third-order valence-corrected chi connectivity index (χ3v) is 5.05. The van der Waals surface area contributed by atoms with Crippen LogP contribution < -0.4 is 10.6 Å². The molecule has 0 saturated carbocycles. The van der Waals surface area contributed by atoms with Crippen molar-refractivity contribution >= 4 is 17.5 Å². The number of fused-ring (bicyclic) bond motifs is 1. The highest BCUT2D eigenvalue weighted by molar-refractivity contribution is 5.97. The summed E-state index contributed by atoms with van der Waals surface area (Å²) < 4.78 is 14.7.